The van der Waals surface area contributed by atoms with E-state index in [-0.39, 0.29) is 5.91 Å². The third-order valence-electron chi connectivity index (χ3n) is 3.54. The number of carbonyl (C=O) groups is 1. The van der Waals surface area contributed by atoms with Gasteiger partial charge in [0.05, 0.1) is 5.02 Å². The summed E-state index contributed by atoms with van der Waals surface area (Å²) in [6, 6.07) is 15.2. The van der Waals surface area contributed by atoms with Gasteiger partial charge in [0.2, 0.25) is 0 Å². The Kier molecular flexibility index (Phi) is 4.17. The third kappa shape index (κ3) is 3.27. The quantitative estimate of drug-likeness (QED) is 0.880. The molecule has 1 aliphatic rings. The van der Waals surface area contributed by atoms with Crippen molar-refractivity contribution in [3.05, 3.63) is 70.4 Å². The summed E-state index contributed by atoms with van der Waals surface area (Å²) in [5.74, 6) is 0.258. The summed E-state index contributed by atoms with van der Waals surface area (Å²) in [6.45, 7) is 0. The van der Waals surface area contributed by atoms with Gasteiger partial charge in [0.15, 0.2) is 0 Å². The summed E-state index contributed by atoms with van der Waals surface area (Å²) >= 11 is 6.15. The van der Waals surface area contributed by atoms with Gasteiger partial charge in [0.1, 0.15) is 11.5 Å². The lowest BCUT2D eigenvalue weighted by Crippen LogP contribution is -2.24. The average molecular weight is 326 g/mol. The molecule has 0 spiro atoms. The number of hydrogen-bond donors (Lipinski definition) is 1. The topological polar surface area (TPSA) is 44.7 Å². The Labute approximate surface area is 140 Å². The molecule has 0 aromatic heterocycles. The Morgan fingerprint density at radius 3 is 2.43 bits per heavy atom. The predicted octanol–water partition coefficient (Wildman–Crippen LogP) is 3.32. The molecule has 0 saturated heterocycles. The maximum Gasteiger partial charge on any atom is 0.275 e. The van der Waals surface area contributed by atoms with E-state index in [0.717, 1.165) is 11.3 Å². The van der Waals surface area contributed by atoms with E-state index in [1.165, 1.54) is 0 Å². The van der Waals surface area contributed by atoms with Gasteiger partial charge >= 0.3 is 0 Å². The first kappa shape index (κ1) is 15.3. The highest BCUT2D eigenvalue weighted by Crippen LogP contribution is 2.21. The number of nitrogens with zero attached hydrogens (tertiary/aromatic N) is 2. The fraction of sp³-hybridized carbons (Fsp3) is 0.111. The molecule has 2 aromatic rings. The number of amidine groups is 1. The molecule has 1 aliphatic heterocycles. The molecule has 3 rings (SSSR count). The Bertz CT molecular complexity index is 807. The van der Waals surface area contributed by atoms with Gasteiger partial charge in [-0.25, -0.2) is 4.99 Å². The lowest BCUT2D eigenvalue weighted by molar-refractivity contribution is -0.115. The van der Waals surface area contributed by atoms with Crippen molar-refractivity contribution in [2.75, 3.05) is 19.0 Å². The summed E-state index contributed by atoms with van der Waals surface area (Å²) in [5.41, 5.74) is 3.11. The van der Waals surface area contributed by atoms with E-state index < -0.39 is 0 Å². The number of halogens is 1. The standard InChI is InChI=1S/C18H16ClN3O/c1-22(2)13-9-7-12(8-10-13)11-16-18(23)21-17(20-16)14-5-3-4-6-15(14)19/h3-11H,1-2H3,(H,20,21,23). The highest BCUT2D eigenvalue weighted by Gasteiger charge is 2.22. The number of aliphatic imine (C=N–C) groups is 1. The zero-order chi connectivity index (χ0) is 16.4. The second kappa shape index (κ2) is 6.26. The number of rotatable bonds is 3. The van der Waals surface area contributed by atoms with Gasteiger partial charge in [-0.15, -0.1) is 0 Å². The van der Waals surface area contributed by atoms with E-state index in [1.807, 2.05) is 61.5 Å². The van der Waals surface area contributed by atoms with E-state index in [1.54, 1.807) is 12.1 Å². The number of carbonyl (C=O) groups excluding carboxylic acids is 1. The average Bonchev–Trinajstić information content (AvgIpc) is 2.89. The van der Waals surface area contributed by atoms with Crippen molar-refractivity contribution in [3.8, 4) is 0 Å². The van der Waals surface area contributed by atoms with Gasteiger partial charge in [-0.1, -0.05) is 35.9 Å². The smallest absolute Gasteiger partial charge is 0.275 e. The van der Waals surface area contributed by atoms with Crippen molar-refractivity contribution in [3.63, 3.8) is 0 Å². The van der Waals surface area contributed by atoms with Crippen LogP contribution in [0.5, 0.6) is 0 Å². The summed E-state index contributed by atoms with van der Waals surface area (Å²) < 4.78 is 0. The summed E-state index contributed by atoms with van der Waals surface area (Å²) in [4.78, 5) is 18.5. The van der Waals surface area contributed by atoms with E-state index >= 15 is 0 Å². The van der Waals surface area contributed by atoms with Crippen LogP contribution in [0.2, 0.25) is 5.02 Å². The van der Waals surface area contributed by atoms with Gasteiger partial charge in [-0.3, -0.25) is 4.79 Å². The first-order valence-corrected chi connectivity index (χ1v) is 7.56. The molecule has 1 N–H and O–H groups in total. The number of nitrogens with one attached hydrogen (secondary N) is 1. The van der Waals surface area contributed by atoms with Crippen molar-refractivity contribution in [2.24, 2.45) is 4.99 Å². The van der Waals surface area contributed by atoms with E-state index in [2.05, 4.69) is 10.3 Å². The molecule has 116 valence electrons. The Morgan fingerprint density at radius 1 is 1.09 bits per heavy atom. The molecule has 0 fully saturated rings. The highest BCUT2D eigenvalue weighted by atomic mass is 35.5. The molecular formula is C18H16ClN3O. The zero-order valence-electron chi connectivity index (χ0n) is 12.9. The van der Waals surface area contributed by atoms with Crippen LogP contribution in [0.25, 0.3) is 6.08 Å². The van der Waals surface area contributed by atoms with E-state index in [9.17, 15) is 4.79 Å². The van der Waals surface area contributed by atoms with Gasteiger partial charge < -0.3 is 10.2 Å². The second-order valence-electron chi connectivity index (χ2n) is 5.41. The molecule has 4 nitrogen and oxygen atoms in total. The van der Waals surface area contributed by atoms with E-state index in [4.69, 9.17) is 11.6 Å². The molecule has 0 radical (unpaired) electrons. The minimum atomic E-state index is -0.225. The van der Waals surface area contributed by atoms with E-state index in [0.29, 0.717) is 22.1 Å². The number of amides is 1. The molecule has 0 atom stereocenters. The molecule has 0 aliphatic carbocycles. The maximum atomic E-state index is 12.1. The van der Waals surface area contributed by atoms with Crippen LogP contribution < -0.4 is 10.2 Å². The maximum absolute atomic E-state index is 12.1. The number of benzene rings is 2. The summed E-state index contributed by atoms with van der Waals surface area (Å²) in [5, 5.41) is 3.32. The fourth-order valence-electron chi connectivity index (χ4n) is 2.28. The summed E-state index contributed by atoms with van der Waals surface area (Å²) in [7, 11) is 3.97. The van der Waals surface area contributed by atoms with Crippen molar-refractivity contribution in [1.29, 1.82) is 0 Å². The lowest BCUT2D eigenvalue weighted by Gasteiger charge is -2.11. The van der Waals surface area contributed by atoms with Gasteiger partial charge in [0.25, 0.3) is 5.91 Å². The molecule has 5 heteroatoms. The predicted molar refractivity (Wildman–Crippen MR) is 94.9 cm³/mol. The van der Waals surface area contributed by atoms with Crippen LogP contribution in [0.3, 0.4) is 0 Å². The van der Waals surface area contributed by atoms with Crippen LogP contribution >= 0.6 is 11.6 Å². The van der Waals surface area contributed by atoms with Gasteiger partial charge in [-0.2, -0.15) is 0 Å². The monoisotopic (exact) mass is 325 g/mol. The van der Waals surface area contributed by atoms with Crippen LogP contribution in [0.15, 0.2) is 59.2 Å². The molecule has 23 heavy (non-hydrogen) atoms. The van der Waals surface area contributed by atoms with Crippen molar-refractivity contribution in [1.82, 2.24) is 5.32 Å². The first-order valence-electron chi connectivity index (χ1n) is 7.18. The van der Waals surface area contributed by atoms with Crippen LogP contribution in [0.4, 0.5) is 5.69 Å². The molecule has 1 amide bonds. The van der Waals surface area contributed by atoms with Gasteiger partial charge in [-0.05, 0) is 35.9 Å². The molecule has 0 saturated carbocycles. The van der Waals surface area contributed by atoms with Crippen molar-refractivity contribution < 1.29 is 4.79 Å². The molecule has 2 aromatic carbocycles. The highest BCUT2D eigenvalue weighted by molar-refractivity contribution is 6.35. The Morgan fingerprint density at radius 2 is 1.78 bits per heavy atom. The second-order valence-corrected chi connectivity index (χ2v) is 5.82. The van der Waals surface area contributed by atoms with Crippen molar-refractivity contribution in [2.45, 2.75) is 0 Å². The van der Waals surface area contributed by atoms with Crippen LogP contribution in [-0.2, 0) is 4.79 Å². The Balaban J connectivity index is 1.90. The zero-order valence-corrected chi connectivity index (χ0v) is 13.6. The minimum Gasteiger partial charge on any atom is -0.378 e. The molecule has 0 bridgehead atoms. The lowest BCUT2D eigenvalue weighted by atomic mass is 10.1. The van der Waals surface area contributed by atoms with Crippen LogP contribution in [0.1, 0.15) is 11.1 Å². The number of anilines is 1. The molecule has 0 unspecified atom stereocenters. The fourth-order valence-corrected chi connectivity index (χ4v) is 2.50. The molecular weight excluding hydrogens is 310 g/mol. The normalized spacial score (nSPS) is 15.5. The van der Waals surface area contributed by atoms with Gasteiger partial charge in [0, 0.05) is 25.3 Å². The summed E-state index contributed by atoms with van der Waals surface area (Å²) in [6.07, 6.45) is 1.76. The largest absolute Gasteiger partial charge is 0.378 e. The Hall–Kier alpha value is -2.59. The minimum absolute atomic E-state index is 0.225. The first-order chi connectivity index (χ1) is 11.0. The third-order valence-corrected chi connectivity index (χ3v) is 3.87. The molecule has 1 heterocycles. The van der Waals surface area contributed by atoms with Crippen LogP contribution in [-0.4, -0.2) is 25.8 Å². The van der Waals surface area contributed by atoms with Crippen molar-refractivity contribution >= 4 is 35.1 Å². The SMILES string of the molecule is CN(C)c1ccc(C=C2N=C(c3ccccc3Cl)NC2=O)cc1. The number of hydrogen-bond acceptors (Lipinski definition) is 3. The van der Waals surface area contributed by atoms with Crippen LogP contribution in [0, 0.1) is 0 Å².